The molecule has 0 fully saturated rings. The van der Waals surface area contributed by atoms with E-state index in [1.165, 1.54) is 64.7 Å². The summed E-state index contributed by atoms with van der Waals surface area (Å²) >= 11 is 1.81. The van der Waals surface area contributed by atoms with Crippen molar-refractivity contribution in [2.75, 3.05) is 0 Å². The van der Waals surface area contributed by atoms with Gasteiger partial charge in [0.1, 0.15) is 0 Å². The van der Waals surface area contributed by atoms with Crippen molar-refractivity contribution >= 4 is 31.5 Å². The summed E-state index contributed by atoms with van der Waals surface area (Å²) < 4.78 is 2.44. The van der Waals surface area contributed by atoms with Crippen LogP contribution in [0.2, 0.25) is 0 Å². The van der Waals surface area contributed by atoms with Gasteiger partial charge in [-0.3, -0.25) is 0 Å². The minimum absolute atomic E-state index is 0.643. The van der Waals surface area contributed by atoms with E-state index in [4.69, 9.17) is 15.0 Å². The zero-order chi connectivity index (χ0) is 37.0. The molecule has 0 saturated heterocycles. The number of thiophene rings is 1. The van der Waals surface area contributed by atoms with Gasteiger partial charge >= 0.3 is 0 Å². The Labute approximate surface area is 329 Å². The van der Waals surface area contributed by atoms with Crippen LogP contribution in [0.3, 0.4) is 0 Å². The Morgan fingerprint density at radius 2 is 0.768 bits per heavy atom. The first-order valence-electron chi connectivity index (χ1n) is 19.0. The lowest BCUT2D eigenvalue weighted by Crippen LogP contribution is -2.02. The molecule has 1 aliphatic carbocycles. The van der Waals surface area contributed by atoms with Gasteiger partial charge in [0.15, 0.2) is 17.5 Å². The molecule has 3 nitrogen and oxygen atoms in total. The predicted octanol–water partition coefficient (Wildman–Crippen LogP) is 13.8. The van der Waals surface area contributed by atoms with Gasteiger partial charge in [-0.2, -0.15) is 0 Å². The Morgan fingerprint density at radius 3 is 1.50 bits per heavy atom. The van der Waals surface area contributed by atoms with Crippen molar-refractivity contribution in [3.63, 3.8) is 0 Å². The molecule has 0 unspecified atom stereocenters. The van der Waals surface area contributed by atoms with Crippen LogP contribution in [-0.4, -0.2) is 15.0 Å². The molecule has 0 amide bonds. The molecule has 0 N–H and O–H groups in total. The second kappa shape index (κ2) is 13.4. The number of rotatable bonds is 6. The van der Waals surface area contributed by atoms with Gasteiger partial charge in [-0.1, -0.05) is 176 Å². The molecule has 262 valence electrons. The summed E-state index contributed by atoms with van der Waals surface area (Å²) in [5, 5.41) is 2.39. The van der Waals surface area contributed by atoms with Gasteiger partial charge in [0.05, 0.1) is 0 Å². The Bertz CT molecular complexity index is 3090. The van der Waals surface area contributed by atoms with Crippen molar-refractivity contribution in [2.45, 2.75) is 6.42 Å². The molecule has 0 bridgehead atoms. The Hall–Kier alpha value is -7.01. The maximum absolute atomic E-state index is 5.41. The lowest BCUT2D eigenvalue weighted by atomic mass is 9.92. The van der Waals surface area contributed by atoms with E-state index in [9.17, 15) is 0 Å². The highest BCUT2D eigenvalue weighted by Gasteiger charge is 2.24. The van der Waals surface area contributed by atoms with Crippen LogP contribution in [0.4, 0.5) is 0 Å². The van der Waals surface area contributed by atoms with Crippen LogP contribution in [0.1, 0.15) is 11.1 Å². The molecule has 2 heterocycles. The fraction of sp³-hybridized carbons (Fsp3) is 0.0192. The van der Waals surface area contributed by atoms with Gasteiger partial charge in [0, 0.05) is 36.9 Å². The normalized spacial score (nSPS) is 11.9. The van der Waals surface area contributed by atoms with E-state index < -0.39 is 0 Å². The summed E-state index contributed by atoms with van der Waals surface area (Å²) in [5.74, 6) is 1.96. The molecule has 2 aromatic heterocycles. The van der Waals surface area contributed by atoms with Crippen LogP contribution >= 0.6 is 11.3 Å². The van der Waals surface area contributed by atoms with Crippen molar-refractivity contribution in [1.82, 2.24) is 15.0 Å². The first kappa shape index (κ1) is 32.4. The molecule has 0 aliphatic heterocycles. The fourth-order valence-electron chi connectivity index (χ4n) is 8.42. The molecular formula is C52H33N3S. The van der Waals surface area contributed by atoms with Crippen molar-refractivity contribution in [2.24, 2.45) is 0 Å². The topological polar surface area (TPSA) is 38.7 Å². The molecule has 1 aliphatic rings. The summed E-state index contributed by atoms with van der Waals surface area (Å²) in [6.07, 6.45) is 0.897. The van der Waals surface area contributed by atoms with Gasteiger partial charge in [-0.05, 0) is 74.2 Å². The van der Waals surface area contributed by atoms with E-state index in [1.54, 1.807) is 0 Å². The molecule has 11 rings (SSSR count). The van der Waals surface area contributed by atoms with E-state index in [0.717, 1.165) is 34.2 Å². The SMILES string of the molecule is c1ccc(-c2ccc(-c3nc(-c4ccccc4-c4cccc5c4Cc4ccccc4-5)nc(-c4cccc5sc6cccc(-c7ccccc7)c6c45)n3)cc2)cc1. The van der Waals surface area contributed by atoms with Crippen molar-refractivity contribution in [3.8, 4) is 78.7 Å². The van der Waals surface area contributed by atoms with Crippen LogP contribution in [0, 0.1) is 0 Å². The monoisotopic (exact) mass is 731 g/mol. The number of aromatic nitrogens is 3. The summed E-state index contributed by atoms with van der Waals surface area (Å²) in [5.41, 5.74) is 15.3. The van der Waals surface area contributed by atoms with E-state index in [0.29, 0.717) is 17.5 Å². The average Bonchev–Trinajstić information content (AvgIpc) is 3.86. The van der Waals surface area contributed by atoms with Crippen molar-refractivity contribution in [3.05, 3.63) is 199 Å². The molecule has 10 aromatic rings. The van der Waals surface area contributed by atoms with Crippen LogP contribution in [0.15, 0.2) is 188 Å². The van der Waals surface area contributed by atoms with Gasteiger partial charge < -0.3 is 0 Å². The summed E-state index contributed by atoms with van der Waals surface area (Å²) in [6, 6.07) is 66.9. The van der Waals surface area contributed by atoms with Gasteiger partial charge in [0.2, 0.25) is 0 Å². The third-order valence-electron chi connectivity index (χ3n) is 11.0. The number of fused-ring (bicyclic) bond motifs is 6. The third-order valence-corrected chi connectivity index (χ3v) is 12.2. The fourth-order valence-corrected chi connectivity index (χ4v) is 9.58. The van der Waals surface area contributed by atoms with Gasteiger partial charge in [-0.25, -0.2) is 15.0 Å². The van der Waals surface area contributed by atoms with Gasteiger partial charge in [-0.15, -0.1) is 11.3 Å². The summed E-state index contributed by atoms with van der Waals surface area (Å²) in [6.45, 7) is 0. The Balaban J connectivity index is 1.14. The zero-order valence-electron chi connectivity index (χ0n) is 30.4. The van der Waals surface area contributed by atoms with Crippen molar-refractivity contribution < 1.29 is 0 Å². The molecule has 56 heavy (non-hydrogen) atoms. The minimum atomic E-state index is 0.643. The average molecular weight is 732 g/mol. The van der Waals surface area contributed by atoms with Crippen LogP contribution in [0.5, 0.6) is 0 Å². The Kier molecular flexibility index (Phi) is 7.75. The first-order valence-corrected chi connectivity index (χ1v) is 19.8. The highest BCUT2D eigenvalue weighted by molar-refractivity contribution is 7.26. The predicted molar refractivity (Wildman–Crippen MR) is 234 cm³/mol. The molecular weight excluding hydrogens is 699 g/mol. The standard InChI is InChI=1S/C52H33N3S/c1-3-14-33(15-4-1)34-28-30-36(31-29-34)50-53-51(43-21-10-9-20-41(43)42-24-11-23-40-38-19-8-7-18-37(38)32-45(40)42)55-52(54-50)44-25-13-27-47-49(44)48-39(22-12-26-46(48)56-47)35-16-5-2-6-17-35/h1-31H,32H2. The number of benzene rings is 8. The lowest BCUT2D eigenvalue weighted by molar-refractivity contribution is 1.08. The molecule has 8 aromatic carbocycles. The molecule has 0 atom stereocenters. The Morgan fingerprint density at radius 1 is 0.304 bits per heavy atom. The second-order valence-electron chi connectivity index (χ2n) is 14.3. The highest BCUT2D eigenvalue weighted by atomic mass is 32.1. The summed E-state index contributed by atoms with van der Waals surface area (Å²) in [7, 11) is 0. The van der Waals surface area contributed by atoms with E-state index in [1.807, 2.05) is 17.4 Å². The van der Waals surface area contributed by atoms with E-state index in [-0.39, 0.29) is 0 Å². The second-order valence-corrected chi connectivity index (χ2v) is 15.4. The smallest absolute Gasteiger partial charge is 0.164 e. The van der Waals surface area contributed by atoms with E-state index >= 15 is 0 Å². The number of hydrogen-bond donors (Lipinski definition) is 0. The highest BCUT2D eigenvalue weighted by Crippen LogP contribution is 2.46. The zero-order valence-corrected chi connectivity index (χ0v) is 31.2. The number of hydrogen-bond acceptors (Lipinski definition) is 4. The number of nitrogens with zero attached hydrogens (tertiary/aromatic N) is 3. The summed E-state index contributed by atoms with van der Waals surface area (Å²) in [4.78, 5) is 16.0. The molecule has 0 radical (unpaired) electrons. The third kappa shape index (κ3) is 5.45. The molecule has 0 spiro atoms. The molecule has 0 saturated carbocycles. The maximum atomic E-state index is 5.41. The largest absolute Gasteiger partial charge is 0.208 e. The van der Waals surface area contributed by atoms with Crippen LogP contribution in [-0.2, 0) is 6.42 Å². The molecule has 4 heteroatoms. The van der Waals surface area contributed by atoms with Gasteiger partial charge in [0.25, 0.3) is 0 Å². The first-order chi connectivity index (χ1) is 27.8. The maximum Gasteiger partial charge on any atom is 0.164 e. The lowest BCUT2D eigenvalue weighted by Gasteiger charge is -2.15. The van der Waals surface area contributed by atoms with Crippen LogP contribution < -0.4 is 0 Å². The van der Waals surface area contributed by atoms with E-state index in [2.05, 4.69) is 182 Å². The van der Waals surface area contributed by atoms with Crippen molar-refractivity contribution in [1.29, 1.82) is 0 Å². The minimum Gasteiger partial charge on any atom is -0.208 e. The van der Waals surface area contributed by atoms with Crippen LogP contribution in [0.25, 0.3) is 98.8 Å². The quantitative estimate of drug-likeness (QED) is 0.171.